The van der Waals surface area contributed by atoms with Gasteiger partial charge in [0.25, 0.3) is 0 Å². The predicted molar refractivity (Wildman–Crippen MR) is 95.3 cm³/mol. The second kappa shape index (κ2) is 7.74. The van der Waals surface area contributed by atoms with Gasteiger partial charge in [-0.1, -0.05) is 24.3 Å². The van der Waals surface area contributed by atoms with Crippen LogP contribution in [0.15, 0.2) is 59.1 Å². The SMILES string of the molecule is CC(=O)c1cccc(NC(=O)CCc2ncc(-c3ccccc3F)o2)c1. The first kappa shape index (κ1) is 17.5. The van der Waals surface area contributed by atoms with Gasteiger partial charge in [-0.2, -0.15) is 0 Å². The van der Waals surface area contributed by atoms with Crippen LogP contribution in [0.25, 0.3) is 11.3 Å². The highest BCUT2D eigenvalue weighted by atomic mass is 19.1. The largest absolute Gasteiger partial charge is 0.441 e. The van der Waals surface area contributed by atoms with E-state index in [1.807, 2.05) is 0 Å². The van der Waals surface area contributed by atoms with Crippen LogP contribution in [0.4, 0.5) is 10.1 Å². The van der Waals surface area contributed by atoms with Gasteiger partial charge in [0.1, 0.15) is 5.82 Å². The molecule has 0 atom stereocenters. The highest BCUT2D eigenvalue weighted by molar-refractivity contribution is 5.97. The molecule has 0 unspecified atom stereocenters. The predicted octanol–water partition coefficient (Wildman–Crippen LogP) is 4.25. The number of rotatable bonds is 6. The summed E-state index contributed by atoms with van der Waals surface area (Å²) < 4.78 is 19.3. The molecule has 0 saturated carbocycles. The molecule has 0 saturated heterocycles. The number of amides is 1. The number of Topliss-reactive ketones (excluding diaryl/α,β-unsaturated/α-hetero) is 1. The summed E-state index contributed by atoms with van der Waals surface area (Å²) in [6, 6.07) is 13.0. The number of aryl methyl sites for hydroxylation is 1. The molecule has 0 fully saturated rings. The maximum atomic E-state index is 13.8. The Balaban J connectivity index is 1.59. The van der Waals surface area contributed by atoms with Crippen molar-refractivity contribution in [1.29, 1.82) is 0 Å². The molecule has 3 rings (SSSR count). The molecular weight excluding hydrogens is 335 g/mol. The van der Waals surface area contributed by atoms with Crippen molar-refractivity contribution >= 4 is 17.4 Å². The molecule has 1 aromatic heterocycles. The van der Waals surface area contributed by atoms with Gasteiger partial charge in [-0.05, 0) is 31.2 Å². The number of anilines is 1. The molecule has 0 aliphatic carbocycles. The van der Waals surface area contributed by atoms with Crippen molar-refractivity contribution in [2.45, 2.75) is 19.8 Å². The number of nitrogens with zero attached hydrogens (tertiary/aromatic N) is 1. The molecule has 1 N–H and O–H groups in total. The molecule has 5 nitrogen and oxygen atoms in total. The van der Waals surface area contributed by atoms with Crippen LogP contribution in [0, 0.1) is 5.82 Å². The average molecular weight is 352 g/mol. The number of oxazole rings is 1. The maximum Gasteiger partial charge on any atom is 0.224 e. The Bertz CT molecular complexity index is 949. The van der Waals surface area contributed by atoms with Crippen molar-refractivity contribution in [1.82, 2.24) is 4.98 Å². The summed E-state index contributed by atoms with van der Waals surface area (Å²) in [6.45, 7) is 1.47. The number of hydrogen-bond donors (Lipinski definition) is 1. The van der Waals surface area contributed by atoms with Crippen LogP contribution in [0.3, 0.4) is 0 Å². The number of benzene rings is 2. The van der Waals surface area contributed by atoms with E-state index >= 15 is 0 Å². The molecule has 0 aliphatic heterocycles. The Kier molecular flexibility index (Phi) is 5.22. The van der Waals surface area contributed by atoms with Crippen molar-refractivity contribution in [3.63, 3.8) is 0 Å². The van der Waals surface area contributed by atoms with Crippen molar-refractivity contribution < 1.29 is 18.4 Å². The third-order valence-corrected chi connectivity index (χ3v) is 3.81. The fourth-order valence-electron chi connectivity index (χ4n) is 2.47. The van der Waals surface area contributed by atoms with Crippen molar-refractivity contribution in [2.75, 3.05) is 5.32 Å². The molecule has 0 radical (unpaired) electrons. The van der Waals surface area contributed by atoms with Gasteiger partial charge in [0.05, 0.1) is 11.8 Å². The molecule has 2 aromatic carbocycles. The van der Waals surface area contributed by atoms with Crippen molar-refractivity contribution in [2.24, 2.45) is 0 Å². The molecular formula is C20H17FN2O3. The van der Waals surface area contributed by atoms with E-state index < -0.39 is 5.82 Å². The highest BCUT2D eigenvalue weighted by Crippen LogP contribution is 2.23. The van der Waals surface area contributed by atoms with Gasteiger partial charge >= 0.3 is 0 Å². The summed E-state index contributed by atoms with van der Waals surface area (Å²) in [6.07, 6.45) is 1.89. The number of ketones is 1. The van der Waals surface area contributed by atoms with Gasteiger partial charge in [0.15, 0.2) is 17.4 Å². The van der Waals surface area contributed by atoms with Crippen LogP contribution in [0.2, 0.25) is 0 Å². The third-order valence-electron chi connectivity index (χ3n) is 3.81. The zero-order valence-corrected chi connectivity index (χ0v) is 14.2. The molecule has 6 heteroatoms. The van der Waals surface area contributed by atoms with Gasteiger partial charge in [0.2, 0.25) is 5.91 Å². The molecule has 3 aromatic rings. The minimum Gasteiger partial charge on any atom is -0.441 e. The Morgan fingerprint density at radius 1 is 1.15 bits per heavy atom. The normalized spacial score (nSPS) is 10.5. The average Bonchev–Trinajstić information content (AvgIpc) is 3.09. The minimum absolute atomic E-state index is 0.0680. The van der Waals surface area contributed by atoms with Gasteiger partial charge in [-0.15, -0.1) is 0 Å². The summed E-state index contributed by atoms with van der Waals surface area (Å²) in [7, 11) is 0. The van der Waals surface area contributed by atoms with E-state index in [1.54, 1.807) is 42.5 Å². The standard InChI is InChI=1S/C20H17FN2O3/c1-13(24)14-5-4-6-15(11-14)23-19(25)9-10-20-22-12-18(26-20)16-7-2-3-8-17(16)21/h2-8,11-12H,9-10H2,1H3,(H,23,25). The van der Waals surface area contributed by atoms with Crippen LogP contribution in [-0.4, -0.2) is 16.7 Å². The molecule has 0 aliphatic rings. The van der Waals surface area contributed by atoms with Crippen LogP contribution < -0.4 is 5.32 Å². The second-order valence-electron chi connectivity index (χ2n) is 5.78. The third kappa shape index (κ3) is 4.22. The van der Waals surface area contributed by atoms with Gasteiger partial charge < -0.3 is 9.73 Å². The van der Waals surface area contributed by atoms with E-state index in [2.05, 4.69) is 10.3 Å². The monoisotopic (exact) mass is 352 g/mol. The zero-order chi connectivity index (χ0) is 18.5. The molecule has 0 spiro atoms. The molecule has 0 bridgehead atoms. The first-order valence-corrected chi connectivity index (χ1v) is 8.13. The van der Waals surface area contributed by atoms with Crippen LogP contribution >= 0.6 is 0 Å². The number of nitrogens with one attached hydrogen (secondary N) is 1. The number of aromatic nitrogens is 1. The molecule has 1 amide bonds. The van der Waals surface area contributed by atoms with Crippen LogP contribution in [-0.2, 0) is 11.2 Å². The fraction of sp³-hybridized carbons (Fsp3) is 0.150. The highest BCUT2D eigenvalue weighted by Gasteiger charge is 2.12. The lowest BCUT2D eigenvalue weighted by atomic mass is 10.1. The summed E-state index contributed by atoms with van der Waals surface area (Å²) in [4.78, 5) is 27.5. The van der Waals surface area contributed by atoms with E-state index in [9.17, 15) is 14.0 Å². The summed E-state index contributed by atoms with van der Waals surface area (Å²) >= 11 is 0. The Morgan fingerprint density at radius 3 is 2.73 bits per heavy atom. The number of carbonyl (C=O) groups is 2. The molecule has 26 heavy (non-hydrogen) atoms. The zero-order valence-electron chi connectivity index (χ0n) is 14.2. The summed E-state index contributed by atoms with van der Waals surface area (Å²) in [5.41, 5.74) is 1.42. The van der Waals surface area contributed by atoms with Gasteiger partial charge in [0, 0.05) is 24.1 Å². The van der Waals surface area contributed by atoms with Gasteiger partial charge in [-0.25, -0.2) is 9.37 Å². The van der Waals surface area contributed by atoms with E-state index in [1.165, 1.54) is 19.2 Å². The van der Waals surface area contributed by atoms with Crippen LogP contribution in [0.1, 0.15) is 29.6 Å². The van der Waals surface area contributed by atoms with Crippen LogP contribution in [0.5, 0.6) is 0 Å². The Hall–Kier alpha value is -3.28. The number of carbonyl (C=O) groups excluding carboxylic acids is 2. The lowest BCUT2D eigenvalue weighted by Gasteiger charge is -2.05. The quantitative estimate of drug-likeness (QED) is 0.673. The topological polar surface area (TPSA) is 72.2 Å². The summed E-state index contributed by atoms with van der Waals surface area (Å²) in [5.74, 6) is -0.000227. The first-order chi connectivity index (χ1) is 12.5. The van der Waals surface area contributed by atoms with E-state index in [-0.39, 0.29) is 24.5 Å². The fourth-order valence-corrected chi connectivity index (χ4v) is 2.47. The number of hydrogen-bond acceptors (Lipinski definition) is 4. The van der Waals surface area contributed by atoms with Gasteiger partial charge in [-0.3, -0.25) is 9.59 Å². The number of halogens is 1. The minimum atomic E-state index is -0.390. The van der Waals surface area contributed by atoms with Crippen molar-refractivity contribution in [3.05, 3.63) is 72.0 Å². The van der Waals surface area contributed by atoms with E-state index in [0.717, 1.165) is 0 Å². The van der Waals surface area contributed by atoms with E-state index in [0.29, 0.717) is 28.5 Å². The smallest absolute Gasteiger partial charge is 0.224 e. The first-order valence-electron chi connectivity index (χ1n) is 8.13. The Labute approximate surface area is 149 Å². The molecule has 1 heterocycles. The second-order valence-corrected chi connectivity index (χ2v) is 5.78. The maximum absolute atomic E-state index is 13.8. The summed E-state index contributed by atoms with van der Waals surface area (Å²) in [5, 5.41) is 2.73. The lowest BCUT2D eigenvalue weighted by Crippen LogP contribution is -2.12. The van der Waals surface area contributed by atoms with Crippen molar-refractivity contribution in [3.8, 4) is 11.3 Å². The lowest BCUT2D eigenvalue weighted by molar-refractivity contribution is -0.116. The Morgan fingerprint density at radius 2 is 1.96 bits per heavy atom. The van der Waals surface area contributed by atoms with E-state index in [4.69, 9.17) is 4.42 Å². The molecule has 132 valence electrons.